The van der Waals surface area contributed by atoms with E-state index in [1.165, 1.54) is 4.31 Å². The Morgan fingerprint density at radius 3 is 2.11 bits per heavy atom. The average Bonchev–Trinajstić information content (AvgIpc) is 3.45. The molecule has 1 fully saturated rings. The highest BCUT2D eigenvalue weighted by molar-refractivity contribution is 7.89. The Balaban J connectivity index is 1.75. The SMILES string of the molecule is Cc1ccc(S(=O)(=O)N2[C@H](C(=O)c3ccccc3)[C@@H]2c2ccc(Cl)cc2)cc1. The van der Waals surface area contributed by atoms with Gasteiger partial charge in [0.25, 0.3) is 0 Å². The number of hydrogen-bond donors (Lipinski definition) is 0. The van der Waals surface area contributed by atoms with Gasteiger partial charge in [-0.3, -0.25) is 4.79 Å². The molecule has 0 aromatic heterocycles. The molecule has 3 atom stereocenters. The first kappa shape index (κ1) is 18.9. The summed E-state index contributed by atoms with van der Waals surface area (Å²) in [5.41, 5.74) is 2.21. The van der Waals surface area contributed by atoms with Crippen molar-refractivity contribution >= 4 is 27.4 Å². The largest absolute Gasteiger partial charge is 0.292 e. The summed E-state index contributed by atoms with van der Waals surface area (Å²) in [6.45, 7) is 1.89. The lowest BCUT2D eigenvalue weighted by Crippen LogP contribution is -2.19. The van der Waals surface area contributed by atoms with Gasteiger partial charge in [0, 0.05) is 10.6 Å². The molecule has 1 unspecified atom stereocenters. The van der Waals surface area contributed by atoms with Gasteiger partial charge in [0.2, 0.25) is 10.0 Å². The summed E-state index contributed by atoms with van der Waals surface area (Å²) in [5.74, 6) is -0.212. The number of nitrogens with zero attached hydrogens (tertiary/aromatic N) is 1. The van der Waals surface area contributed by atoms with Crippen LogP contribution in [-0.4, -0.2) is 24.5 Å². The van der Waals surface area contributed by atoms with Crippen LogP contribution in [0.1, 0.15) is 27.5 Å². The number of carbonyl (C=O) groups is 1. The number of sulfonamides is 1. The maximum absolute atomic E-state index is 13.3. The predicted octanol–water partition coefficient (Wildman–Crippen LogP) is 4.65. The van der Waals surface area contributed by atoms with Crippen LogP contribution >= 0.6 is 11.6 Å². The fourth-order valence-corrected chi connectivity index (χ4v) is 5.20. The summed E-state index contributed by atoms with van der Waals surface area (Å²) in [6.07, 6.45) is 0. The number of Topliss-reactive ketones (excluding diaryl/α,β-unsaturated/α-hetero) is 1. The monoisotopic (exact) mass is 411 g/mol. The Hall–Kier alpha value is -2.47. The molecule has 4 nitrogen and oxygen atoms in total. The fourth-order valence-electron chi connectivity index (χ4n) is 3.36. The maximum atomic E-state index is 13.3. The van der Waals surface area contributed by atoms with Crippen molar-refractivity contribution in [3.63, 3.8) is 0 Å². The number of aryl methyl sites for hydroxylation is 1. The van der Waals surface area contributed by atoms with Crippen molar-refractivity contribution in [2.75, 3.05) is 0 Å². The summed E-state index contributed by atoms with van der Waals surface area (Å²) in [6, 6.07) is 21.1. The topological polar surface area (TPSA) is 54.2 Å². The highest BCUT2D eigenvalue weighted by atomic mass is 35.5. The van der Waals surface area contributed by atoms with Gasteiger partial charge in [-0.2, -0.15) is 4.31 Å². The third-order valence-electron chi connectivity index (χ3n) is 4.89. The van der Waals surface area contributed by atoms with Crippen LogP contribution in [0.5, 0.6) is 0 Å². The Morgan fingerprint density at radius 2 is 1.50 bits per heavy atom. The van der Waals surface area contributed by atoms with Gasteiger partial charge in [-0.25, -0.2) is 8.42 Å². The van der Waals surface area contributed by atoms with Gasteiger partial charge >= 0.3 is 0 Å². The summed E-state index contributed by atoms with van der Waals surface area (Å²) >= 11 is 5.97. The quantitative estimate of drug-likeness (QED) is 0.453. The van der Waals surface area contributed by atoms with Gasteiger partial charge < -0.3 is 0 Å². The lowest BCUT2D eigenvalue weighted by atomic mass is 10.0. The van der Waals surface area contributed by atoms with E-state index >= 15 is 0 Å². The van der Waals surface area contributed by atoms with Gasteiger partial charge in [-0.05, 0) is 36.8 Å². The molecule has 3 aromatic rings. The van der Waals surface area contributed by atoms with Crippen LogP contribution in [0.3, 0.4) is 0 Å². The Bertz CT molecular complexity index is 1110. The number of benzene rings is 3. The number of halogens is 1. The second-order valence-corrected chi connectivity index (χ2v) is 9.10. The van der Waals surface area contributed by atoms with E-state index in [2.05, 4.69) is 0 Å². The van der Waals surface area contributed by atoms with Gasteiger partial charge in [0.05, 0.1) is 10.9 Å². The van der Waals surface area contributed by atoms with Crippen molar-refractivity contribution in [3.05, 3.63) is 101 Å². The van der Waals surface area contributed by atoms with Gasteiger partial charge in [-0.15, -0.1) is 0 Å². The molecule has 0 radical (unpaired) electrons. The van der Waals surface area contributed by atoms with Gasteiger partial charge in [0.15, 0.2) is 5.78 Å². The van der Waals surface area contributed by atoms with Gasteiger partial charge in [-0.1, -0.05) is 71.8 Å². The molecule has 1 saturated heterocycles. The molecule has 142 valence electrons. The zero-order valence-electron chi connectivity index (χ0n) is 15.1. The molecule has 3 aromatic carbocycles. The molecule has 0 bridgehead atoms. The fraction of sp³-hybridized carbons (Fsp3) is 0.136. The Labute approximate surface area is 169 Å². The van der Waals surface area contributed by atoms with E-state index in [4.69, 9.17) is 11.6 Å². The van der Waals surface area contributed by atoms with Crippen LogP contribution in [0.15, 0.2) is 83.8 Å². The van der Waals surface area contributed by atoms with E-state index in [1.807, 2.05) is 13.0 Å². The van der Waals surface area contributed by atoms with Crippen LogP contribution < -0.4 is 0 Å². The van der Waals surface area contributed by atoms with E-state index in [0.29, 0.717) is 10.6 Å². The van der Waals surface area contributed by atoms with Crippen molar-refractivity contribution in [2.24, 2.45) is 0 Å². The molecule has 0 N–H and O–H groups in total. The number of carbonyl (C=O) groups excluding carboxylic acids is 1. The van der Waals surface area contributed by atoms with Crippen LogP contribution in [0.4, 0.5) is 0 Å². The van der Waals surface area contributed by atoms with Crippen LogP contribution in [0.25, 0.3) is 0 Å². The van der Waals surface area contributed by atoms with Crippen molar-refractivity contribution in [1.82, 2.24) is 4.31 Å². The summed E-state index contributed by atoms with van der Waals surface area (Å²) < 4.78 is 27.8. The van der Waals surface area contributed by atoms with E-state index < -0.39 is 22.1 Å². The lowest BCUT2D eigenvalue weighted by molar-refractivity contribution is 0.0981. The predicted molar refractivity (Wildman–Crippen MR) is 109 cm³/mol. The number of ketones is 1. The first-order valence-corrected chi connectivity index (χ1v) is 10.7. The van der Waals surface area contributed by atoms with Crippen molar-refractivity contribution < 1.29 is 13.2 Å². The molecule has 1 heterocycles. The first-order chi connectivity index (χ1) is 13.4. The minimum absolute atomic E-state index is 0.181. The van der Waals surface area contributed by atoms with Crippen LogP contribution in [-0.2, 0) is 10.0 Å². The smallest absolute Gasteiger partial charge is 0.244 e. The van der Waals surface area contributed by atoms with Crippen molar-refractivity contribution in [2.45, 2.75) is 23.9 Å². The molecule has 0 spiro atoms. The molecule has 1 aliphatic heterocycles. The van der Waals surface area contributed by atoms with E-state index in [0.717, 1.165) is 11.1 Å². The number of hydrogen-bond acceptors (Lipinski definition) is 3. The molecule has 0 aliphatic carbocycles. The molecule has 0 saturated carbocycles. The zero-order chi connectivity index (χ0) is 19.9. The zero-order valence-corrected chi connectivity index (χ0v) is 16.7. The third-order valence-corrected chi connectivity index (χ3v) is 7.02. The third kappa shape index (κ3) is 3.37. The highest BCUT2D eigenvalue weighted by Gasteiger charge is 2.60. The molecule has 0 amide bonds. The van der Waals surface area contributed by atoms with Gasteiger partial charge in [0.1, 0.15) is 6.04 Å². The van der Waals surface area contributed by atoms with E-state index in [9.17, 15) is 13.2 Å². The standard InChI is InChI=1S/C22H18ClNO3S/c1-15-7-13-19(14-8-15)28(26,27)24-20(16-9-11-18(23)12-10-16)21(24)22(25)17-5-3-2-4-6-17/h2-14,20-21H,1H3/t20-,21-,24?/m0/s1. The minimum atomic E-state index is -3.81. The second-order valence-electron chi connectivity index (χ2n) is 6.82. The van der Waals surface area contributed by atoms with E-state index in [1.54, 1.807) is 72.8 Å². The summed E-state index contributed by atoms with van der Waals surface area (Å²) in [5, 5.41) is 0.559. The lowest BCUT2D eigenvalue weighted by Gasteiger charge is -2.07. The molecule has 4 rings (SSSR count). The summed E-state index contributed by atoms with van der Waals surface area (Å²) in [7, 11) is -3.81. The molecule has 1 aliphatic rings. The van der Waals surface area contributed by atoms with Crippen molar-refractivity contribution in [3.8, 4) is 0 Å². The first-order valence-electron chi connectivity index (χ1n) is 8.84. The van der Waals surface area contributed by atoms with Crippen molar-refractivity contribution in [1.29, 1.82) is 0 Å². The highest BCUT2D eigenvalue weighted by Crippen LogP contribution is 2.49. The molecule has 6 heteroatoms. The van der Waals surface area contributed by atoms with E-state index in [-0.39, 0.29) is 10.7 Å². The van der Waals surface area contributed by atoms with Crippen LogP contribution in [0, 0.1) is 6.92 Å². The Morgan fingerprint density at radius 1 is 0.893 bits per heavy atom. The molecule has 28 heavy (non-hydrogen) atoms. The second kappa shape index (κ2) is 7.17. The minimum Gasteiger partial charge on any atom is -0.292 e. The van der Waals surface area contributed by atoms with Crippen LogP contribution in [0.2, 0.25) is 5.02 Å². The summed E-state index contributed by atoms with van der Waals surface area (Å²) in [4.78, 5) is 13.2. The average molecular weight is 412 g/mol. The Kier molecular flexibility index (Phi) is 4.83. The number of rotatable bonds is 5. The molecular formula is C22H18ClNO3S. The maximum Gasteiger partial charge on any atom is 0.244 e. The molecular weight excluding hydrogens is 394 g/mol. The normalized spacial score (nSPS) is 21.3.